The molecule has 3 heterocycles. The highest BCUT2D eigenvalue weighted by atomic mass is 32.1. The molecule has 0 N–H and O–H groups in total. The number of hydrogen-bond donors (Lipinski definition) is 0. The van der Waals surface area contributed by atoms with E-state index in [1.807, 2.05) is 18.2 Å². The van der Waals surface area contributed by atoms with Crippen molar-refractivity contribution >= 4 is 28.1 Å². The molecule has 0 bridgehead atoms. The second-order valence-electron chi connectivity index (χ2n) is 6.76. The smallest absolute Gasteiger partial charge is 0.291 e. The maximum absolute atomic E-state index is 12.8. The Morgan fingerprint density at radius 3 is 2.78 bits per heavy atom. The Kier molecular flexibility index (Phi) is 4.75. The summed E-state index contributed by atoms with van der Waals surface area (Å²) >= 11 is 1.19. The van der Waals surface area contributed by atoms with Crippen molar-refractivity contribution in [3.8, 4) is 28.5 Å². The number of nitro groups is 1. The third-order valence-electron chi connectivity index (χ3n) is 4.77. The Bertz CT molecular complexity index is 1580. The van der Waals surface area contributed by atoms with Crippen LogP contribution in [-0.2, 0) is 0 Å². The first-order valence-electron chi connectivity index (χ1n) is 9.43. The van der Waals surface area contributed by atoms with Crippen LogP contribution in [0.1, 0.15) is 5.76 Å². The molecule has 10 heteroatoms. The van der Waals surface area contributed by atoms with E-state index in [9.17, 15) is 14.9 Å². The van der Waals surface area contributed by atoms with E-state index in [-0.39, 0.29) is 11.2 Å². The number of furan rings is 1. The van der Waals surface area contributed by atoms with E-state index in [4.69, 9.17) is 9.15 Å². The predicted octanol–water partition coefficient (Wildman–Crippen LogP) is 3.54. The molecule has 0 fully saturated rings. The Hall–Kier alpha value is -4.31. The van der Waals surface area contributed by atoms with Crippen molar-refractivity contribution in [1.29, 1.82) is 0 Å². The van der Waals surface area contributed by atoms with Crippen molar-refractivity contribution < 1.29 is 14.1 Å². The van der Waals surface area contributed by atoms with Crippen molar-refractivity contribution in [3.63, 3.8) is 0 Å². The van der Waals surface area contributed by atoms with E-state index in [0.717, 1.165) is 0 Å². The van der Waals surface area contributed by atoms with Gasteiger partial charge in [0.25, 0.3) is 11.2 Å². The van der Waals surface area contributed by atoms with Gasteiger partial charge in [0.15, 0.2) is 5.82 Å². The molecule has 0 radical (unpaired) electrons. The minimum atomic E-state index is -0.461. The van der Waals surface area contributed by atoms with Gasteiger partial charge in [-0.1, -0.05) is 35.6 Å². The molecule has 0 amide bonds. The quantitative estimate of drug-likeness (QED) is 0.300. The molecular weight excluding hydrogens is 432 g/mol. The largest absolute Gasteiger partial charge is 0.496 e. The molecule has 5 rings (SSSR count). The molecule has 3 aromatic heterocycles. The number of rotatable bonds is 5. The monoisotopic (exact) mass is 446 g/mol. The van der Waals surface area contributed by atoms with Crippen LogP contribution < -0.4 is 14.8 Å². The van der Waals surface area contributed by atoms with Gasteiger partial charge in [0.05, 0.1) is 17.6 Å². The molecule has 0 atom stereocenters. The Morgan fingerprint density at radius 1 is 1.16 bits per heavy atom. The van der Waals surface area contributed by atoms with Gasteiger partial charge in [-0.05, 0) is 24.3 Å². The zero-order valence-corrected chi connectivity index (χ0v) is 17.4. The lowest BCUT2D eigenvalue weighted by molar-refractivity contribution is -0.384. The summed E-state index contributed by atoms with van der Waals surface area (Å²) in [5.41, 5.74) is 0.934. The van der Waals surface area contributed by atoms with Crippen LogP contribution in [0.5, 0.6) is 5.75 Å². The van der Waals surface area contributed by atoms with Gasteiger partial charge in [0, 0.05) is 23.8 Å². The highest BCUT2D eigenvalue weighted by Crippen LogP contribution is 2.28. The maximum atomic E-state index is 12.8. The second kappa shape index (κ2) is 7.75. The number of hydrogen-bond acceptors (Lipinski definition) is 8. The van der Waals surface area contributed by atoms with Crippen molar-refractivity contribution in [1.82, 2.24) is 14.6 Å². The lowest BCUT2D eigenvalue weighted by Crippen LogP contribution is -2.23. The zero-order chi connectivity index (χ0) is 22.2. The van der Waals surface area contributed by atoms with E-state index >= 15 is 0 Å². The first kappa shape index (κ1) is 19.6. The van der Waals surface area contributed by atoms with Crippen molar-refractivity contribution in [3.05, 3.63) is 91.4 Å². The first-order valence-corrected chi connectivity index (χ1v) is 10.2. The fraction of sp³-hybridized carbons (Fsp3) is 0.0455. The molecular formula is C22H14N4O5S. The molecule has 2 aromatic carbocycles. The number of benzene rings is 2. The number of para-hydroxylation sites is 1. The molecule has 5 aromatic rings. The Morgan fingerprint density at radius 2 is 2.00 bits per heavy atom. The number of non-ortho nitro benzene ring substituents is 1. The van der Waals surface area contributed by atoms with Crippen molar-refractivity contribution in [2.45, 2.75) is 0 Å². The highest BCUT2D eigenvalue weighted by Gasteiger charge is 2.15. The summed E-state index contributed by atoms with van der Waals surface area (Å²) in [4.78, 5) is 28.3. The SMILES string of the molecule is COc1ccccc1-c1nc2sc(=Cc3ccc(-c4cccc([N+](=O)[O-])c4)o3)c(=O)n2n1. The summed E-state index contributed by atoms with van der Waals surface area (Å²) in [5.74, 6) is 1.93. The third kappa shape index (κ3) is 3.42. The number of aromatic nitrogens is 3. The Labute approximate surface area is 184 Å². The zero-order valence-electron chi connectivity index (χ0n) is 16.6. The number of methoxy groups -OCH3 is 1. The van der Waals surface area contributed by atoms with Gasteiger partial charge in [0.2, 0.25) is 4.96 Å². The second-order valence-corrected chi connectivity index (χ2v) is 7.76. The molecule has 158 valence electrons. The number of nitrogens with zero attached hydrogens (tertiary/aromatic N) is 4. The molecule has 0 spiro atoms. The van der Waals surface area contributed by atoms with Crippen LogP contribution in [0.2, 0.25) is 0 Å². The summed E-state index contributed by atoms with van der Waals surface area (Å²) in [6, 6.07) is 16.9. The topological polar surface area (TPSA) is 113 Å². The molecule has 0 aliphatic heterocycles. The van der Waals surface area contributed by atoms with Crippen LogP contribution in [0, 0.1) is 10.1 Å². The van der Waals surface area contributed by atoms with Gasteiger partial charge in [0.1, 0.15) is 21.8 Å². The van der Waals surface area contributed by atoms with Gasteiger partial charge in [-0.15, -0.1) is 5.10 Å². The number of thiazole rings is 1. The predicted molar refractivity (Wildman–Crippen MR) is 119 cm³/mol. The molecule has 0 saturated carbocycles. The van der Waals surface area contributed by atoms with Gasteiger partial charge in [-0.3, -0.25) is 14.9 Å². The standard InChI is InChI=1S/C22H14N4O5S/c1-30-18-8-3-2-7-16(18)20-23-22-25(24-20)21(27)19(32-22)12-15-9-10-17(31-15)13-5-4-6-14(11-13)26(28)29/h2-12H,1H3. The average Bonchev–Trinajstić information content (AvgIpc) is 3.51. The van der Waals surface area contributed by atoms with Crippen LogP contribution in [0.25, 0.3) is 33.7 Å². The fourth-order valence-corrected chi connectivity index (χ4v) is 4.15. The highest BCUT2D eigenvalue weighted by molar-refractivity contribution is 7.15. The summed E-state index contributed by atoms with van der Waals surface area (Å²) in [5, 5.41) is 15.3. The average molecular weight is 446 g/mol. The number of fused-ring (bicyclic) bond motifs is 1. The molecule has 32 heavy (non-hydrogen) atoms. The fourth-order valence-electron chi connectivity index (χ4n) is 3.26. The lowest BCUT2D eigenvalue weighted by atomic mass is 10.1. The van der Waals surface area contributed by atoms with Crippen LogP contribution in [-0.4, -0.2) is 26.6 Å². The van der Waals surface area contributed by atoms with E-state index in [1.165, 1.54) is 28.0 Å². The molecule has 0 unspecified atom stereocenters. The van der Waals surface area contributed by atoms with E-state index in [0.29, 0.717) is 43.7 Å². The van der Waals surface area contributed by atoms with Gasteiger partial charge < -0.3 is 9.15 Å². The van der Waals surface area contributed by atoms with E-state index in [2.05, 4.69) is 10.1 Å². The number of ether oxygens (including phenoxy) is 1. The van der Waals surface area contributed by atoms with Crippen LogP contribution in [0.3, 0.4) is 0 Å². The van der Waals surface area contributed by atoms with Crippen LogP contribution in [0.15, 0.2) is 69.9 Å². The van der Waals surface area contributed by atoms with Gasteiger partial charge in [-0.25, -0.2) is 0 Å². The minimum absolute atomic E-state index is 0.0253. The summed E-state index contributed by atoms with van der Waals surface area (Å²) < 4.78 is 12.8. The third-order valence-corrected chi connectivity index (χ3v) is 5.73. The van der Waals surface area contributed by atoms with Crippen LogP contribution in [0.4, 0.5) is 5.69 Å². The normalized spacial score (nSPS) is 11.8. The Balaban J connectivity index is 1.51. The molecule has 0 saturated heterocycles. The maximum Gasteiger partial charge on any atom is 0.291 e. The van der Waals surface area contributed by atoms with Gasteiger partial charge >= 0.3 is 0 Å². The minimum Gasteiger partial charge on any atom is -0.496 e. The van der Waals surface area contributed by atoms with Gasteiger partial charge in [-0.2, -0.15) is 9.50 Å². The summed E-state index contributed by atoms with van der Waals surface area (Å²) in [6.07, 6.45) is 1.60. The van der Waals surface area contributed by atoms with E-state index < -0.39 is 4.92 Å². The van der Waals surface area contributed by atoms with Crippen molar-refractivity contribution in [2.24, 2.45) is 0 Å². The first-order chi connectivity index (χ1) is 15.5. The summed E-state index contributed by atoms with van der Waals surface area (Å²) in [6.45, 7) is 0. The van der Waals surface area contributed by atoms with Crippen LogP contribution >= 0.6 is 11.3 Å². The van der Waals surface area contributed by atoms with Crippen molar-refractivity contribution in [2.75, 3.05) is 7.11 Å². The van der Waals surface area contributed by atoms with E-state index in [1.54, 1.807) is 43.5 Å². The summed E-state index contributed by atoms with van der Waals surface area (Å²) in [7, 11) is 1.56. The molecule has 0 aliphatic carbocycles. The lowest BCUT2D eigenvalue weighted by Gasteiger charge is -2.03. The molecule has 0 aliphatic rings. The molecule has 9 nitrogen and oxygen atoms in total. The number of nitro benzene ring substituents is 1.